The van der Waals surface area contributed by atoms with Crippen LogP contribution in [-0.2, 0) is 10.2 Å². The van der Waals surface area contributed by atoms with Crippen LogP contribution in [0.1, 0.15) is 32.0 Å². The first kappa shape index (κ1) is 22.7. The summed E-state index contributed by atoms with van der Waals surface area (Å²) in [7, 11) is 0. The van der Waals surface area contributed by atoms with Crippen molar-refractivity contribution in [2.24, 2.45) is 0 Å². The van der Waals surface area contributed by atoms with Gasteiger partial charge in [0.1, 0.15) is 5.82 Å². The summed E-state index contributed by atoms with van der Waals surface area (Å²) in [5, 5.41) is 7.34. The minimum Gasteiger partial charge on any atom is -0.338 e. The number of fused-ring (bicyclic) bond motifs is 1. The maximum atomic E-state index is 14.3. The maximum Gasteiger partial charge on any atom is 0.266 e. The third kappa shape index (κ3) is 4.83. The third-order valence-electron chi connectivity index (χ3n) is 5.03. The van der Waals surface area contributed by atoms with E-state index in [4.69, 9.17) is 4.52 Å². The molecule has 170 valence electrons. The zero-order valence-electron chi connectivity index (χ0n) is 18.7. The van der Waals surface area contributed by atoms with Crippen molar-refractivity contribution >= 4 is 34.5 Å². The summed E-state index contributed by atoms with van der Waals surface area (Å²) >= 11 is 1.08. The second-order valence-corrected chi connectivity index (χ2v) is 9.59. The van der Waals surface area contributed by atoms with Crippen molar-refractivity contribution in [2.45, 2.75) is 38.3 Å². The van der Waals surface area contributed by atoms with Gasteiger partial charge in [0.15, 0.2) is 5.16 Å². The van der Waals surface area contributed by atoms with E-state index >= 15 is 0 Å². The molecule has 4 aromatic rings. The van der Waals surface area contributed by atoms with Crippen molar-refractivity contribution in [3.63, 3.8) is 0 Å². The van der Waals surface area contributed by atoms with Gasteiger partial charge in [-0.3, -0.25) is 19.5 Å². The Labute approximate surface area is 194 Å². The molecule has 0 aliphatic heterocycles. The number of aromatic nitrogens is 3. The first-order valence-corrected chi connectivity index (χ1v) is 11.3. The largest absolute Gasteiger partial charge is 0.338 e. The van der Waals surface area contributed by atoms with Crippen LogP contribution in [0, 0.1) is 12.7 Å². The van der Waals surface area contributed by atoms with Crippen molar-refractivity contribution in [1.29, 1.82) is 0 Å². The number of amides is 1. The van der Waals surface area contributed by atoms with Gasteiger partial charge in [0, 0.05) is 11.5 Å². The summed E-state index contributed by atoms with van der Waals surface area (Å²) in [6, 6.07) is 13.2. The Hall–Kier alpha value is -3.46. The minimum absolute atomic E-state index is 0.0370. The summed E-state index contributed by atoms with van der Waals surface area (Å²) in [6.45, 7) is 7.62. The lowest BCUT2D eigenvalue weighted by molar-refractivity contribution is -0.113. The number of hydrogen-bond acceptors (Lipinski definition) is 6. The second kappa shape index (κ2) is 8.82. The quantitative estimate of drug-likeness (QED) is 0.334. The Bertz CT molecular complexity index is 1410. The van der Waals surface area contributed by atoms with E-state index in [9.17, 15) is 14.0 Å². The van der Waals surface area contributed by atoms with Crippen LogP contribution in [-0.4, -0.2) is 26.4 Å². The van der Waals surface area contributed by atoms with E-state index in [-0.39, 0.29) is 33.7 Å². The molecule has 0 aliphatic rings. The number of carbonyl (C=O) groups excluding carboxylic acids is 1. The maximum absolute atomic E-state index is 14.3. The van der Waals surface area contributed by atoms with Crippen molar-refractivity contribution in [3.8, 4) is 5.69 Å². The Morgan fingerprint density at radius 2 is 1.94 bits per heavy atom. The number of halogens is 1. The van der Waals surface area contributed by atoms with E-state index in [0.717, 1.165) is 17.5 Å². The predicted molar refractivity (Wildman–Crippen MR) is 127 cm³/mol. The lowest BCUT2D eigenvalue weighted by Crippen LogP contribution is -2.23. The molecule has 33 heavy (non-hydrogen) atoms. The van der Waals surface area contributed by atoms with E-state index in [2.05, 4.69) is 15.5 Å². The fourth-order valence-electron chi connectivity index (χ4n) is 3.15. The molecule has 0 aliphatic carbocycles. The summed E-state index contributed by atoms with van der Waals surface area (Å²) in [6.07, 6.45) is 0. The molecule has 0 atom stereocenters. The van der Waals surface area contributed by atoms with Crippen LogP contribution in [0.15, 0.2) is 63.0 Å². The van der Waals surface area contributed by atoms with Gasteiger partial charge >= 0.3 is 0 Å². The number of nitrogens with one attached hydrogen (secondary N) is 1. The lowest BCUT2D eigenvalue weighted by atomic mass is 9.92. The fourth-order valence-corrected chi connectivity index (χ4v) is 3.96. The van der Waals surface area contributed by atoms with Gasteiger partial charge in [0.05, 0.1) is 28.0 Å². The molecule has 0 bridgehead atoms. The van der Waals surface area contributed by atoms with Gasteiger partial charge in [-0.15, -0.1) is 0 Å². The average molecular weight is 467 g/mol. The Kier molecular flexibility index (Phi) is 6.07. The van der Waals surface area contributed by atoms with Crippen LogP contribution >= 0.6 is 11.8 Å². The molecular formula is C24H23FN4O3S. The molecule has 2 heterocycles. The molecule has 1 N–H and O–H groups in total. The number of rotatable bonds is 5. The molecule has 4 rings (SSSR count). The predicted octanol–water partition coefficient (Wildman–Crippen LogP) is 4.85. The molecule has 9 heteroatoms. The van der Waals surface area contributed by atoms with Crippen LogP contribution in [0.5, 0.6) is 0 Å². The number of aryl methyl sites for hydroxylation is 1. The van der Waals surface area contributed by atoms with Gasteiger partial charge < -0.3 is 4.52 Å². The van der Waals surface area contributed by atoms with Gasteiger partial charge in [0.25, 0.3) is 5.56 Å². The van der Waals surface area contributed by atoms with Crippen molar-refractivity contribution in [3.05, 3.63) is 76.0 Å². The summed E-state index contributed by atoms with van der Waals surface area (Å²) in [4.78, 5) is 30.4. The van der Waals surface area contributed by atoms with Crippen LogP contribution < -0.4 is 10.9 Å². The molecule has 2 aromatic heterocycles. The van der Waals surface area contributed by atoms with Gasteiger partial charge in [-0.05, 0) is 36.8 Å². The molecule has 0 spiro atoms. The molecule has 0 fully saturated rings. The normalized spacial score (nSPS) is 11.7. The number of thioether (sulfide) groups is 1. The summed E-state index contributed by atoms with van der Waals surface area (Å²) in [5.74, 6) is -0.568. The van der Waals surface area contributed by atoms with Gasteiger partial charge in [0.2, 0.25) is 11.8 Å². The number of para-hydroxylation sites is 1. The lowest BCUT2D eigenvalue weighted by Gasteiger charge is -2.13. The zero-order valence-corrected chi connectivity index (χ0v) is 19.5. The molecular weight excluding hydrogens is 443 g/mol. The highest BCUT2D eigenvalue weighted by atomic mass is 32.2. The topological polar surface area (TPSA) is 90.0 Å². The number of nitrogens with zero attached hydrogens (tertiary/aromatic N) is 3. The van der Waals surface area contributed by atoms with Crippen molar-refractivity contribution in [2.75, 3.05) is 11.1 Å². The highest BCUT2D eigenvalue weighted by Gasteiger charge is 2.20. The Balaban J connectivity index is 1.64. The van der Waals surface area contributed by atoms with Crippen LogP contribution in [0.25, 0.3) is 16.6 Å². The van der Waals surface area contributed by atoms with Crippen molar-refractivity contribution in [1.82, 2.24) is 14.7 Å². The number of carbonyl (C=O) groups is 1. The summed E-state index contributed by atoms with van der Waals surface area (Å²) in [5.41, 5.74) is 1.48. The average Bonchev–Trinajstić information content (AvgIpc) is 3.23. The number of hydrogen-bond donors (Lipinski definition) is 1. The van der Waals surface area contributed by atoms with E-state index in [0.29, 0.717) is 22.2 Å². The zero-order chi connectivity index (χ0) is 23.8. The van der Waals surface area contributed by atoms with E-state index in [1.54, 1.807) is 49.4 Å². The summed E-state index contributed by atoms with van der Waals surface area (Å²) < 4.78 is 20.8. The molecule has 1 amide bonds. The number of benzene rings is 2. The molecule has 0 saturated heterocycles. The SMILES string of the molecule is Cc1ccc(-n2c(SCC(=O)Nc3cc(C(C)(C)C)no3)nc3ccccc3c2=O)cc1F. The second-order valence-electron chi connectivity index (χ2n) is 8.65. The van der Waals surface area contributed by atoms with Crippen LogP contribution in [0.4, 0.5) is 10.3 Å². The monoisotopic (exact) mass is 466 g/mol. The van der Waals surface area contributed by atoms with Gasteiger partial charge in [-0.25, -0.2) is 9.37 Å². The van der Waals surface area contributed by atoms with Gasteiger partial charge in [-0.2, -0.15) is 0 Å². The number of anilines is 1. The Morgan fingerprint density at radius 3 is 2.64 bits per heavy atom. The highest BCUT2D eigenvalue weighted by Crippen LogP contribution is 2.25. The van der Waals surface area contributed by atoms with Crippen molar-refractivity contribution < 1.29 is 13.7 Å². The first-order valence-electron chi connectivity index (χ1n) is 10.3. The fraction of sp³-hybridized carbons (Fsp3) is 0.250. The van der Waals surface area contributed by atoms with E-state index in [1.165, 1.54) is 10.6 Å². The highest BCUT2D eigenvalue weighted by molar-refractivity contribution is 7.99. The smallest absolute Gasteiger partial charge is 0.266 e. The van der Waals surface area contributed by atoms with E-state index < -0.39 is 5.82 Å². The van der Waals surface area contributed by atoms with Gasteiger partial charge in [-0.1, -0.05) is 55.9 Å². The van der Waals surface area contributed by atoms with Crippen LogP contribution in [0.3, 0.4) is 0 Å². The molecule has 0 unspecified atom stereocenters. The molecule has 7 nitrogen and oxygen atoms in total. The van der Waals surface area contributed by atoms with Crippen LogP contribution in [0.2, 0.25) is 0 Å². The molecule has 0 radical (unpaired) electrons. The van der Waals surface area contributed by atoms with E-state index in [1.807, 2.05) is 20.8 Å². The standard InChI is InChI=1S/C24H23FN4O3S/c1-14-9-10-15(11-17(14)25)29-22(31)16-7-5-6-8-18(16)26-23(29)33-13-20(30)27-21-12-19(28-32-21)24(2,3)4/h5-12H,13H2,1-4H3,(H,27,30). The minimum atomic E-state index is -0.429. The Morgan fingerprint density at radius 1 is 1.18 bits per heavy atom. The first-order chi connectivity index (χ1) is 15.6. The third-order valence-corrected chi connectivity index (χ3v) is 5.97. The molecule has 2 aromatic carbocycles. The molecule has 0 saturated carbocycles.